The van der Waals surface area contributed by atoms with Crippen LogP contribution >= 0.6 is 0 Å². The molecule has 20 heavy (non-hydrogen) atoms. The van der Waals surface area contributed by atoms with Crippen LogP contribution in [0.15, 0.2) is 30.6 Å². The summed E-state index contributed by atoms with van der Waals surface area (Å²) in [5.41, 5.74) is 0.735. The molecular formula is C15H20N2O3. The number of hydrogen-bond donors (Lipinski definition) is 1. The molecule has 0 fully saturated rings. The molecule has 0 aliphatic rings. The van der Waals surface area contributed by atoms with Crippen LogP contribution in [0.5, 0.6) is 11.5 Å². The van der Waals surface area contributed by atoms with Gasteiger partial charge in [0.1, 0.15) is 17.3 Å². The van der Waals surface area contributed by atoms with E-state index in [0.717, 1.165) is 17.9 Å². The van der Waals surface area contributed by atoms with Crippen molar-refractivity contribution in [3.05, 3.63) is 42.0 Å². The first-order chi connectivity index (χ1) is 9.69. The predicted octanol–water partition coefficient (Wildman–Crippen LogP) is 2.20. The summed E-state index contributed by atoms with van der Waals surface area (Å²) in [6.07, 6.45) is 3.44. The van der Waals surface area contributed by atoms with Crippen molar-refractivity contribution in [3.8, 4) is 11.5 Å². The van der Waals surface area contributed by atoms with Crippen molar-refractivity contribution in [2.24, 2.45) is 0 Å². The summed E-state index contributed by atoms with van der Waals surface area (Å²) in [4.78, 5) is 4.28. The summed E-state index contributed by atoms with van der Waals surface area (Å²) in [6, 6.07) is 5.40. The van der Waals surface area contributed by atoms with Gasteiger partial charge in [-0.25, -0.2) is 4.98 Å². The highest BCUT2D eigenvalue weighted by Crippen LogP contribution is 2.30. The second-order valence-corrected chi connectivity index (χ2v) is 4.46. The van der Waals surface area contributed by atoms with Gasteiger partial charge >= 0.3 is 0 Å². The molecule has 1 aromatic heterocycles. The zero-order chi connectivity index (χ0) is 14.5. The van der Waals surface area contributed by atoms with E-state index in [1.54, 1.807) is 26.5 Å². The van der Waals surface area contributed by atoms with Crippen LogP contribution in [0.25, 0.3) is 0 Å². The second kappa shape index (κ2) is 6.43. The Balaban J connectivity index is 2.22. The van der Waals surface area contributed by atoms with Crippen LogP contribution in [0.3, 0.4) is 0 Å². The molecule has 1 heterocycles. The first kappa shape index (κ1) is 14.4. The van der Waals surface area contributed by atoms with E-state index in [1.807, 2.05) is 29.8 Å². The van der Waals surface area contributed by atoms with Crippen molar-refractivity contribution in [3.63, 3.8) is 0 Å². The van der Waals surface area contributed by atoms with Crippen molar-refractivity contribution < 1.29 is 14.6 Å². The minimum Gasteiger partial charge on any atom is -0.497 e. The Morgan fingerprint density at radius 3 is 2.75 bits per heavy atom. The Kier molecular flexibility index (Phi) is 4.63. The van der Waals surface area contributed by atoms with Gasteiger partial charge in [-0.05, 0) is 19.1 Å². The number of nitrogens with zero attached hydrogens (tertiary/aromatic N) is 2. The topological polar surface area (TPSA) is 56.5 Å². The molecule has 0 aliphatic heterocycles. The number of hydrogen-bond acceptors (Lipinski definition) is 4. The molecule has 5 heteroatoms. The van der Waals surface area contributed by atoms with E-state index in [9.17, 15) is 5.11 Å². The number of aliphatic hydroxyl groups excluding tert-OH is 1. The molecule has 2 rings (SSSR count). The van der Waals surface area contributed by atoms with E-state index in [4.69, 9.17) is 9.47 Å². The van der Waals surface area contributed by atoms with Gasteiger partial charge in [0.25, 0.3) is 0 Å². The number of ether oxygens (including phenoxy) is 2. The van der Waals surface area contributed by atoms with Gasteiger partial charge in [0.15, 0.2) is 0 Å². The molecule has 1 atom stereocenters. The Bertz CT molecular complexity index is 566. The van der Waals surface area contributed by atoms with E-state index in [1.165, 1.54) is 0 Å². The summed E-state index contributed by atoms with van der Waals surface area (Å²) in [7, 11) is 3.18. The highest BCUT2D eigenvalue weighted by atomic mass is 16.5. The molecule has 1 N–H and O–H groups in total. The van der Waals surface area contributed by atoms with Crippen molar-refractivity contribution in [1.29, 1.82) is 0 Å². The lowest BCUT2D eigenvalue weighted by molar-refractivity contribution is 0.170. The van der Waals surface area contributed by atoms with Gasteiger partial charge in [-0.1, -0.05) is 0 Å². The van der Waals surface area contributed by atoms with Gasteiger partial charge in [-0.15, -0.1) is 0 Å². The average Bonchev–Trinajstić information content (AvgIpc) is 2.93. The minimum atomic E-state index is -0.663. The third kappa shape index (κ3) is 2.93. The summed E-state index contributed by atoms with van der Waals surface area (Å²) < 4.78 is 12.5. The van der Waals surface area contributed by atoms with Crippen LogP contribution in [0, 0.1) is 0 Å². The summed E-state index contributed by atoms with van der Waals surface area (Å²) in [5.74, 6) is 2.18. The molecule has 0 radical (unpaired) electrons. The predicted molar refractivity (Wildman–Crippen MR) is 76.1 cm³/mol. The molecule has 0 spiro atoms. The Hall–Kier alpha value is -2.01. The number of aliphatic hydroxyl groups is 1. The maximum atomic E-state index is 10.4. The first-order valence-electron chi connectivity index (χ1n) is 6.59. The first-order valence-corrected chi connectivity index (χ1v) is 6.59. The lowest BCUT2D eigenvalue weighted by Gasteiger charge is -2.16. The van der Waals surface area contributed by atoms with E-state index in [-0.39, 0.29) is 0 Å². The third-order valence-electron chi connectivity index (χ3n) is 3.32. The van der Waals surface area contributed by atoms with Gasteiger partial charge < -0.3 is 19.1 Å². The SMILES string of the molecule is CCn1ccnc1CC(O)c1ccc(OC)cc1OC. The van der Waals surface area contributed by atoms with Gasteiger partial charge in [0, 0.05) is 37.0 Å². The largest absolute Gasteiger partial charge is 0.497 e. The van der Waals surface area contributed by atoms with Crippen LogP contribution in [0.4, 0.5) is 0 Å². The summed E-state index contributed by atoms with van der Waals surface area (Å²) in [5, 5.41) is 10.4. The van der Waals surface area contributed by atoms with Crippen molar-refractivity contribution >= 4 is 0 Å². The van der Waals surface area contributed by atoms with Crippen LogP contribution in [0.2, 0.25) is 0 Å². The van der Waals surface area contributed by atoms with Crippen LogP contribution in [-0.2, 0) is 13.0 Å². The average molecular weight is 276 g/mol. The zero-order valence-electron chi connectivity index (χ0n) is 12.0. The standard InChI is InChI=1S/C15H20N2O3/c1-4-17-8-7-16-15(17)10-13(18)12-6-5-11(19-2)9-14(12)20-3/h5-9,13,18H,4,10H2,1-3H3. The fourth-order valence-electron chi connectivity index (χ4n) is 2.19. The molecule has 0 saturated heterocycles. The molecule has 108 valence electrons. The lowest BCUT2D eigenvalue weighted by Crippen LogP contribution is -2.09. The molecule has 2 aromatic rings. The Labute approximate surface area is 118 Å². The Morgan fingerprint density at radius 2 is 2.10 bits per heavy atom. The second-order valence-electron chi connectivity index (χ2n) is 4.46. The molecule has 0 saturated carbocycles. The van der Waals surface area contributed by atoms with E-state index < -0.39 is 6.10 Å². The van der Waals surface area contributed by atoms with Crippen LogP contribution in [-0.4, -0.2) is 28.9 Å². The number of imidazole rings is 1. The van der Waals surface area contributed by atoms with E-state index in [0.29, 0.717) is 17.9 Å². The Morgan fingerprint density at radius 1 is 1.30 bits per heavy atom. The van der Waals surface area contributed by atoms with Gasteiger partial charge in [-0.3, -0.25) is 0 Å². The molecular weight excluding hydrogens is 256 g/mol. The monoisotopic (exact) mass is 276 g/mol. The third-order valence-corrected chi connectivity index (χ3v) is 3.32. The fourth-order valence-corrected chi connectivity index (χ4v) is 2.19. The minimum absolute atomic E-state index is 0.448. The van der Waals surface area contributed by atoms with Crippen molar-refractivity contribution in [2.75, 3.05) is 14.2 Å². The normalized spacial score (nSPS) is 12.2. The zero-order valence-corrected chi connectivity index (χ0v) is 12.0. The van der Waals surface area contributed by atoms with Gasteiger partial charge in [0.05, 0.1) is 20.3 Å². The molecule has 5 nitrogen and oxygen atoms in total. The van der Waals surface area contributed by atoms with Crippen LogP contribution < -0.4 is 9.47 Å². The highest BCUT2D eigenvalue weighted by molar-refractivity contribution is 5.42. The number of methoxy groups -OCH3 is 2. The van der Waals surface area contributed by atoms with Crippen LogP contribution in [0.1, 0.15) is 24.4 Å². The maximum absolute atomic E-state index is 10.4. The lowest BCUT2D eigenvalue weighted by atomic mass is 10.0. The summed E-state index contributed by atoms with van der Waals surface area (Å²) in [6.45, 7) is 2.88. The molecule has 0 aliphatic carbocycles. The number of aryl methyl sites for hydroxylation is 1. The van der Waals surface area contributed by atoms with Crippen molar-refractivity contribution in [1.82, 2.24) is 9.55 Å². The van der Waals surface area contributed by atoms with Gasteiger partial charge in [-0.2, -0.15) is 0 Å². The van der Waals surface area contributed by atoms with Crippen molar-refractivity contribution in [2.45, 2.75) is 26.0 Å². The number of benzene rings is 1. The number of rotatable bonds is 6. The molecule has 0 bridgehead atoms. The quantitative estimate of drug-likeness (QED) is 0.878. The molecule has 0 amide bonds. The highest BCUT2D eigenvalue weighted by Gasteiger charge is 2.17. The molecule has 1 aromatic carbocycles. The van der Waals surface area contributed by atoms with Gasteiger partial charge in [0.2, 0.25) is 0 Å². The maximum Gasteiger partial charge on any atom is 0.128 e. The van der Waals surface area contributed by atoms with E-state index >= 15 is 0 Å². The smallest absolute Gasteiger partial charge is 0.128 e. The molecule has 1 unspecified atom stereocenters. The van der Waals surface area contributed by atoms with E-state index in [2.05, 4.69) is 4.98 Å². The fraction of sp³-hybridized carbons (Fsp3) is 0.400. The number of aromatic nitrogens is 2. The summed E-state index contributed by atoms with van der Waals surface area (Å²) >= 11 is 0.